The van der Waals surface area contributed by atoms with Crippen LogP contribution in [0.4, 0.5) is 4.39 Å². The van der Waals surface area contributed by atoms with Crippen LogP contribution in [0.15, 0.2) is 0 Å². The van der Waals surface area contributed by atoms with E-state index >= 15 is 0 Å². The minimum absolute atomic E-state index is 0.0648. The second-order valence-electron chi connectivity index (χ2n) is 4.04. The molecule has 0 unspecified atom stereocenters. The Morgan fingerprint density at radius 1 is 1.38 bits per heavy atom. The molecule has 3 heteroatoms. The molecule has 16 heavy (non-hydrogen) atoms. The Labute approximate surface area is 101 Å². The van der Waals surface area contributed by atoms with Crippen LogP contribution in [0.1, 0.15) is 53.4 Å². The van der Waals surface area contributed by atoms with E-state index in [2.05, 4.69) is 5.32 Å². The fraction of sp³-hybridized carbons (Fsp3) is 1.00. The molecule has 0 amide bonds. The Balaban J connectivity index is 0. The van der Waals surface area contributed by atoms with Gasteiger partial charge in [0.1, 0.15) is 6.17 Å². The normalized spacial score (nSPS) is 18.2. The Morgan fingerprint density at radius 3 is 2.00 bits per heavy atom. The fourth-order valence-corrected chi connectivity index (χ4v) is 1.04. The molecule has 0 aromatic carbocycles. The van der Waals surface area contributed by atoms with Crippen LogP contribution in [-0.4, -0.2) is 31.0 Å². The number of halogens is 1. The highest BCUT2D eigenvalue weighted by molar-refractivity contribution is 4.65. The molecule has 1 fully saturated rings. The SMILES string of the molecule is CC.CC[C@H](C)[C@H](F)CNC.OC1CCC1. The van der Waals surface area contributed by atoms with Gasteiger partial charge in [-0.15, -0.1) is 0 Å². The third-order valence-electron chi connectivity index (χ3n) is 2.74. The standard InChI is InChI=1S/C7H16FN.C4H8O.C2H6/c1-4-6(2)7(8)5-9-3;5-4-2-1-3-4;1-2/h6-7,9H,4-5H2,1-3H3;4-5H,1-3H2;1-2H3/t6-,7+;;/m0../s1. The van der Waals surface area contributed by atoms with Gasteiger partial charge in [0.2, 0.25) is 0 Å². The topological polar surface area (TPSA) is 32.3 Å². The number of nitrogens with one attached hydrogen (secondary N) is 1. The Morgan fingerprint density at radius 2 is 1.81 bits per heavy atom. The van der Waals surface area contributed by atoms with Crippen LogP contribution in [0.2, 0.25) is 0 Å². The summed E-state index contributed by atoms with van der Waals surface area (Å²) in [4.78, 5) is 0. The zero-order valence-electron chi connectivity index (χ0n) is 11.6. The van der Waals surface area contributed by atoms with Crippen LogP contribution >= 0.6 is 0 Å². The molecule has 100 valence electrons. The monoisotopic (exact) mass is 235 g/mol. The van der Waals surface area contributed by atoms with E-state index in [0.29, 0.717) is 6.54 Å². The van der Waals surface area contributed by atoms with Gasteiger partial charge >= 0.3 is 0 Å². The van der Waals surface area contributed by atoms with Gasteiger partial charge in [-0.1, -0.05) is 34.1 Å². The summed E-state index contributed by atoms with van der Waals surface area (Å²) in [7, 11) is 1.77. The van der Waals surface area contributed by atoms with Crippen molar-refractivity contribution < 1.29 is 9.50 Å². The van der Waals surface area contributed by atoms with E-state index in [1.54, 1.807) is 7.05 Å². The van der Waals surface area contributed by atoms with Gasteiger partial charge in [-0.2, -0.15) is 0 Å². The quantitative estimate of drug-likeness (QED) is 0.784. The predicted octanol–water partition coefficient (Wildman–Crippen LogP) is 3.15. The summed E-state index contributed by atoms with van der Waals surface area (Å²) >= 11 is 0. The van der Waals surface area contributed by atoms with E-state index in [1.807, 2.05) is 27.7 Å². The first-order valence-corrected chi connectivity index (χ1v) is 6.58. The average molecular weight is 235 g/mol. The van der Waals surface area contributed by atoms with Gasteiger partial charge in [0.25, 0.3) is 0 Å². The van der Waals surface area contributed by atoms with Gasteiger partial charge in [0, 0.05) is 6.54 Å². The molecule has 2 nitrogen and oxygen atoms in total. The molecule has 0 spiro atoms. The number of aliphatic hydroxyl groups is 1. The summed E-state index contributed by atoms with van der Waals surface area (Å²) in [6, 6.07) is 0. The lowest BCUT2D eigenvalue weighted by Gasteiger charge is -2.17. The smallest absolute Gasteiger partial charge is 0.115 e. The molecule has 0 saturated heterocycles. The lowest BCUT2D eigenvalue weighted by molar-refractivity contribution is 0.0950. The van der Waals surface area contributed by atoms with Gasteiger partial charge in [0.05, 0.1) is 6.10 Å². The van der Waals surface area contributed by atoms with Gasteiger partial charge in [-0.3, -0.25) is 0 Å². The van der Waals surface area contributed by atoms with Crippen molar-refractivity contribution in [1.29, 1.82) is 0 Å². The largest absolute Gasteiger partial charge is 0.393 e. The van der Waals surface area contributed by atoms with E-state index in [9.17, 15) is 4.39 Å². The van der Waals surface area contributed by atoms with Gasteiger partial charge in [0.15, 0.2) is 0 Å². The summed E-state index contributed by atoms with van der Waals surface area (Å²) in [5, 5.41) is 11.3. The molecule has 0 aromatic heterocycles. The van der Waals surface area contributed by atoms with Crippen LogP contribution in [0.3, 0.4) is 0 Å². The van der Waals surface area contributed by atoms with Gasteiger partial charge in [-0.05, 0) is 32.2 Å². The van der Waals surface area contributed by atoms with Crippen molar-refractivity contribution in [2.45, 2.75) is 65.7 Å². The summed E-state index contributed by atoms with van der Waals surface area (Å²) in [6.07, 6.45) is 3.62. The molecule has 2 N–H and O–H groups in total. The molecule has 1 saturated carbocycles. The first-order chi connectivity index (χ1) is 7.61. The zero-order chi connectivity index (χ0) is 13.0. The van der Waals surface area contributed by atoms with E-state index in [-0.39, 0.29) is 12.0 Å². The minimum Gasteiger partial charge on any atom is -0.393 e. The maximum Gasteiger partial charge on any atom is 0.115 e. The summed E-state index contributed by atoms with van der Waals surface area (Å²) in [5.41, 5.74) is 0. The van der Waals surface area contributed by atoms with Gasteiger partial charge < -0.3 is 10.4 Å². The molecule has 0 aromatic rings. The third-order valence-corrected chi connectivity index (χ3v) is 2.74. The molecule has 0 bridgehead atoms. The second-order valence-corrected chi connectivity index (χ2v) is 4.04. The van der Waals surface area contributed by atoms with Crippen LogP contribution in [-0.2, 0) is 0 Å². The number of rotatable bonds is 4. The minimum atomic E-state index is -0.681. The highest BCUT2D eigenvalue weighted by Gasteiger charge is 2.12. The van der Waals surface area contributed by atoms with Gasteiger partial charge in [-0.25, -0.2) is 4.39 Å². The summed E-state index contributed by atoms with van der Waals surface area (Å²) < 4.78 is 12.7. The van der Waals surface area contributed by atoms with Crippen molar-refractivity contribution in [2.24, 2.45) is 5.92 Å². The first-order valence-electron chi connectivity index (χ1n) is 6.58. The molecule has 0 heterocycles. The molecule has 0 radical (unpaired) electrons. The van der Waals surface area contributed by atoms with Crippen molar-refractivity contribution in [1.82, 2.24) is 5.32 Å². The van der Waals surface area contributed by atoms with E-state index < -0.39 is 6.17 Å². The molecule has 1 rings (SSSR count). The van der Waals surface area contributed by atoms with Crippen LogP contribution in [0.25, 0.3) is 0 Å². The summed E-state index contributed by atoms with van der Waals surface area (Å²) in [6.45, 7) is 8.42. The molecular weight excluding hydrogens is 205 g/mol. The Hall–Kier alpha value is -0.150. The number of hydrogen-bond acceptors (Lipinski definition) is 2. The first kappa shape index (κ1) is 18.2. The highest BCUT2D eigenvalue weighted by Crippen LogP contribution is 2.16. The Kier molecular flexibility index (Phi) is 14.7. The molecule has 1 aliphatic rings. The second kappa shape index (κ2) is 12.9. The average Bonchev–Trinajstić information content (AvgIpc) is 2.29. The molecule has 0 aliphatic heterocycles. The van der Waals surface area contributed by atoms with Crippen LogP contribution < -0.4 is 5.32 Å². The maximum absolute atomic E-state index is 12.7. The molecular formula is C13H30FNO. The van der Waals surface area contributed by atoms with E-state index in [4.69, 9.17) is 5.11 Å². The van der Waals surface area contributed by atoms with Crippen molar-refractivity contribution in [2.75, 3.05) is 13.6 Å². The predicted molar refractivity (Wildman–Crippen MR) is 69.5 cm³/mol. The van der Waals surface area contributed by atoms with Crippen LogP contribution in [0.5, 0.6) is 0 Å². The third kappa shape index (κ3) is 10.4. The number of hydrogen-bond donors (Lipinski definition) is 2. The molecule has 2 atom stereocenters. The van der Waals surface area contributed by atoms with Crippen molar-refractivity contribution in [3.8, 4) is 0 Å². The maximum atomic E-state index is 12.7. The lowest BCUT2D eigenvalue weighted by atomic mass is 9.97. The van der Waals surface area contributed by atoms with Crippen molar-refractivity contribution in [3.05, 3.63) is 0 Å². The summed E-state index contributed by atoms with van der Waals surface area (Å²) in [5.74, 6) is 0.192. The van der Waals surface area contributed by atoms with E-state index in [1.165, 1.54) is 6.42 Å². The van der Waals surface area contributed by atoms with E-state index in [0.717, 1.165) is 19.3 Å². The lowest BCUT2D eigenvalue weighted by Crippen LogP contribution is -2.25. The Bertz CT molecular complexity index is 129. The highest BCUT2D eigenvalue weighted by atomic mass is 19.1. The fourth-order valence-electron chi connectivity index (χ4n) is 1.04. The van der Waals surface area contributed by atoms with Crippen molar-refractivity contribution in [3.63, 3.8) is 0 Å². The van der Waals surface area contributed by atoms with Crippen LogP contribution in [0, 0.1) is 5.92 Å². The van der Waals surface area contributed by atoms with Crippen molar-refractivity contribution >= 4 is 0 Å². The zero-order valence-corrected chi connectivity index (χ0v) is 11.6. The molecule has 1 aliphatic carbocycles. The number of alkyl halides is 1. The number of aliphatic hydroxyl groups excluding tert-OH is 1.